The first-order valence-electron chi connectivity index (χ1n) is 13.8. The lowest BCUT2D eigenvalue weighted by Crippen LogP contribution is -2.54. The van der Waals surface area contributed by atoms with Gasteiger partial charge in [0.1, 0.15) is 24.2 Å². The molecule has 0 bridgehead atoms. The molecule has 7 nitrogen and oxygen atoms in total. The Bertz CT molecular complexity index is 1620. The lowest BCUT2D eigenvalue weighted by atomic mass is 10.0. The molecule has 0 aliphatic rings. The average molecular weight is 606 g/mol. The second-order valence-electron chi connectivity index (χ2n) is 10.3. The molecule has 4 aromatic rings. The van der Waals surface area contributed by atoms with Gasteiger partial charge in [-0.2, -0.15) is 0 Å². The number of nitrogens with zero attached hydrogens (tertiary/aromatic N) is 2. The molecule has 4 rings (SSSR count). The van der Waals surface area contributed by atoms with E-state index in [1.165, 1.54) is 29.2 Å². The molecule has 0 aliphatic carbocycles. The Morgan fingerprint density at radius 3 is 1.84 bits per heavy atom. The number of amides is 2. The Hall–Kier alpha value is -4.57. The highest BCUT2D eigenvalue weighted by Crippen LogP contribution is 2.25. The molecule has 10 heteroatoms. The molecule has 0 saturated carbocycles. The molecule has 0 saturated heterocycles. The minimum Gasteiger partial charge on any atom is -0.352 e. The molecule has 0 fully saturated rings. The summed E-state index contributed by atoms with van der Waals surface area (Å²) >= 11 is 0. The van der Waals surface area contributed by atoms with Crippen molar-refractivity contribution in [3.05, 3.63) is 132 Å². The van der Waals surface area contributed by atoms with Crippen molar-refractivity contribution in [2.24, 2.45) is 0 Å². The second kappa shape index (κ2) is 14.1. The highest BCUT2D eigenvalue weighted by Gasteiger charge is 2.34. The molecule has 0 radical (unpaired) electrons. The fourth-order valence-electron chi connectivity index (χ4n) is 4.58. The van der Waals surface area contributed by atoms with E-state index >= 15 is 0 Å². The van der Waals surface area contributed by atoms with Gasteiger partial charge in [0, 0.05) is 19.0 Å². The quantitative estimate of drug-likeness (QED) is 0.237. The van der Waals surface area contributed by atoms with E-state index in [9.17, 15) is 26.8 Å². The molecule has 1 N–H and O–H groups in total. The topological polar surface area (TPSA) is 86.8 Å². The van der Waals surface area contributed by atoms with Gasteiger partial charge in [-0.15, -0.1) is 0 Å². The van der Waals surface area contributed by atoms with Crippen LogP contribution in [0.25, 0.3) is 0 Å². The van der Waals surface area contributed by atoms with Crippen LogP contribution in [0.15, 0.2) is 114 Å². The maximum atomic E-state index is 14.3. The van der Waals surface area contributed by atoms with Crippen molar-refractivity contribution >= 4 is 27.5 Å². The number of hydrogen-bond acceptors (Lipinski definition) is 4. The second-order valence-corrected chi connectivity index (χ2v) is 12.2. The highest BCUT2D eigenvalue weighted by atomic mass is 32.2. The van der Waals surface area contributed by atoms with Crippen LogP contribution < -0.4 is 9.62 Å². The standard InChI is InChI=1S/C33H33F2N3O4S/c1-24(2)36-33(40)31(21-25-9-5-3-6-10-25)37(22-26-13-15-27(34)16-14-26)32(39)23-38(29-11-7-4-8-12-29)43(41,42)30-19-17-28(35)18-20-30/h3-20,24,31H,21-23H2,1-2H3,(H,36,40). The van der Waals surface area contributed by atoms with Gasteiger partial charge in [-0.05, 0) is 73.5 Å². The van der Waals surface area contributed by atoms with E-state index in [0.29, 0.717) is 5.56 Å². The van der Waals surface area contributed by atoms with Crippen LogP contribution in [0.4, 0.5) is 14.5 Å². The zero-order valence-corrected chi connectivity index (χ0v) is 24.7. The lowest BCUT2D eigenvalue weighted by Gasteiger charge is -2.34. The molecule has 224 valence electrons. The largest absolute Gasteiger partial charge is 0.352 e. The summed E-state index contributed by atoms with van der Waals surface area (Å²) in [5, 5.41) is 2.88. The molecular formula is C33H33F2N3O4S. The summed E-state index contributed by atoms with van der Waals surface area (Å²) in [7, 11) is -4.33. The first-order valence-corrected chi connectivity index (χ1v) is 15.2. The summed E-state index contributed by atoms with van der Waals surface area (Å²) in [6.45, 7) is 2.87. The van der Waals surface area contributed by atoms with Crippen LogP contribution in [0.3, 0.4) is 0 Å². The van der Waals surface area contributed by atoms with Gasteiger partial charge >= 0.3 is 0 Å². The molecule has 43 heavy (non-hydrogen) atoms. The molecule has 0 aliphatic heterocycles. The Morgan fingerprint density at radius 2 is 1.28 bits per heavy atom. The zero-order chi connectivity index (χ0) is 31.0. The van der Waals surface area contributed by atoms with Crippen LogP contribution in [-0.4, -0.2) is 43.8 Å². The van der Waals surface area contributed by atoms with Gasteiger partial charge in [0.05, 0.1) is 10.6 Å². The maximum Gasteiger partial charge on any atom is 0.264 e. The predicted octanol–water partition coefficient (Wildman–Crippen LogP) is 5.32. The van der Waals surface area contributed by atoms with E-state index < -0.39 is 46.1 Å². The Kier molecular flexibility index (Phi) is 10.3. The number of sulfonamides is 1. The van der Waals surface area contributed by atoms with Gasteiger partial charge in [0.15, 0.2) is 0 Å². The van der Waals surface area contributed by atoms with Gasteiger partial charge < -0.3 is 10.2 Å². The fraction of sp³-hybridized carbons (Fsp3) is 0.212. The number of carbonyl (C=O) groups is 2. The van der Waals surface area contributed by atoms with Crippen LogP contribution in [0.5, 0.6) is 0 Å². The minimum absolute atomic E-state index is 0.0820. The average Bonchev–Trinajstić information content (AvgIpc) is 2.99. The van der Waals surface area contributed by atoms with E-state index in [0.717, 1.165) is 34.1 Å². The smallest absolute Gasteiger partial charge is 0.264 e. The van der Waals surface area contributed by atoms with Gasteiger partial charge in [-0.25, -0.2) is 17.2 Å². The first-order chi connectivity index (χ1) is 20.5. The molecule has 0 aromatic heterocycles. The van der Waals surface area contributed by atoms with Crippen LogP contribution in [0, 0.1) is 11.6 Å². The summed E-state index contributed by atoms with van der Waals surface area (Å²) < 4.78 is 56.0. The molecule has 0 spiro atoms. The number of halogens is 2. The number of para-hydroxylation sites is 1. The number of benzene rings is 4. The van der Waals surface area contributed by atoms with Crippen molar-refractivity contribution in [3.63, 3.8) is 0 Å². The number of rotatable bonds is 12. The van der Waals surface area contributed by atoms with Crippen molar-refractivity contribution in [2.45, 2.75) is 43.8 Å². The monoisotopic (exact) mass is 605 g/mol. The third kappa shape index (κ3) is 8.26. The number of carbonyl (C=O) groups excluding carboxylic acids is 2. The van der Waals surface area contributed by atoms with Crippen molar-refractivity contribution in [2.75, 3.05) is 10.8 Å². The normalized spacial score (nSPS) is 12.0. The fourth-order valence-corrected chi connectivity index (χ4v) is 5.99. The van der Waals surface area contributed by atoms with Crippen LogP contribution >= 0.6 is 0 Å². The lowest BCUT2D eigenvalue weighted by molar-refractivity contribution is -0.140. The number of nitrogens with one attached hydrogen (secondary N) is 1. The van der Waals surface area contributed by atoms with E-state index in [2.05, 4.69) is 5.32 Å². The van der Waals surface area contributed by atoms with Gasteiger partial charge in [0.2, 0.25) is 11.8 Å². The molecule has 1 unspecified atom stereocenters. The van der Waals surface area contributed by atoms with Crippen molar-refractivity contribution in [1.82, 2.24) is 10.2 Å². The third-order valence-corrected chi connectivity index (χ3v) is 8.48. The van der Waals surface area contributed by atoms with Crippen molar-refractivity contribution in [3.8, 4) is 0 Å². The molecule has 1 atom stereocenters. The number of anilines is 1. The van der Waals surface area contributed by atoms with E-state index in [-0.39, 0.29) is 29.6 Å². The molecular weight excluding hydrogens is 572 g/mol. The molecule has 0 heterocycles. The molecule has 2 amide bonds. The number of hydrogen-bond donors (Lipinski definition) is 1. The summed E-state index contributed by atoms with van der Waals surface area (Å²) in [4.78, 5) is 29.0. The summed E-state index contributed by atoms with van der Waals surface area (Å²) in [6, 6.07) is 25.9. The maximum absolute atomic E-state index is 14.3. The zero-order valence-electron chi connectivity index (χ0n) is 23.9. The van der Waals surface area contributed by atoms with E-state index in [4.69, 9.17) is 0 Å². The Labute approximate surface area is 250 Å². The summed E-state index contributed by atoms with van der Waals surface area (Å²) in [5.41, 5.74) is 1.56. The predicted molar refractivity (Wildman–Crippen MR) is 162 cm³/mol. The Morgan fingerprint density at radius 1 is 0.744 bits per heavy atom. The highest BCUT2D eigenvalue weighted by molar-refractivity contribution is 7.92. The minimum atomic E-state index is -4.33. The van der Waals surface area contributed by atoms with E-state index in [1.807, 2.05) is 30.3 Å². The Balaban J connectivity index is 1.78. The van der Waals surface area contributed by atoms with E-state index in [1.54, 1.807) is 44.2 Å². The van der Waals surface area contributed by atoms with Crippen molar-refractivity contribution < 1.29 is 26.8 Å². The van der Waals surface area contributed by atoms with Crippen molar-refractivity contribution in [1.29, 1.82) is 0 Å². The van der Waals surface area contributed by atoms with Gasteiger partial charge in [-0.3, -0.25) is 13.9 Å². The summed E-state index contributed by atoms with van der Waals surface area (Å²) in [5.74, 6) is -2.13. The third-order valence-electron chi connectivity index (χ3n) is 6.69. The first kappa shape index (κ1) is 31.4. The SMILES string of the molecule is CC(C)NC(=O)C(Cc1ccccc1)N(Cc1ccc(F)cc1)C(=O)CN(c1ccccc1)S(=O)(=O)c1ccc(F)cc1. The molecule has 4 aromatic carbocycles. The van der Waals surface area contributed by atoms with Gasteiger partial charge in [0.25, 0.3) is 10.0 Å². The van der Waals surface area contributed by atoms with Gasteiger partial charge in [-0.1, -0.05) is 60.7 Å². The van der Waals surface area contributed by atoms with Crippen LogP contribution in [0.2, 0.25) is 0 Å². The van der Waals surface area contributed by atoms with Crippen LogP contribution in [0.1, 0.15) is 25.0 Å². The van der Waals surface area contributed by atoms with Crippen LogP contribution in [-0.2, 0) is 32.6 Å². The summed E-state index contributed by atoms with van der Waals surface area (Å²) in [6.07, 6.45) is 0.155.